The van der Waals surface area contributed by atoms with E-state index in [2.05, 4.69) is 45.1 Å². The first-order valence-corrected chi connectivity index (χ1v) is 29.3. The fourth-order valence-electron chi connectivity index (χ4n) is 8.74. The number of hydrogen-bond acceptors (Lipinski definition) is 6. The van der Waals surface area contributed by atoms with Crippen molar-refractivity contribution in [1.82, 2.24) is 0 Å². The van der Waals surface area contributed by atoms with Crippen LogP contribution >= 0.6 is 0 Å². The first-order chi connectivity index (χ1) is 32.5. The summed E-state index contributed by atoms with van der Waals surface area (Å²) in [7, 11) is 0. The van der Waals surface area contributed by atoms with Crippen LogP contribution in [-0.2, 0) is 28.6 Å². The van der Waals surface area contributed by atoms with E-state index in [1.807, 2.05) is 0 Å². The maximum absolute atomic E-state index is 12.7. The van der Waals surface area contributed by atoms with Crippen LogP contribution in [-0.4, -0.2) is 37.2 Å². The zero-order valence-electron chi connectivity index (χ0n) is 44.5. The van der Waals surface area contributed by atoms with E-state index in [4.69, 9.17) is 14.2 Å². The van der Waals surface area contributed by atoms with Gasteiger partial charge in [-0.1, -0.05) is 263 Å². The highest BCUT2D eigenvalue weighted by Crippen LogP contribution is 2.17. The maximum Gasteiger partial charge on any atom is 0.306 e. The van der Waals surface area contributed by atoms with E-state index in [0.29, 0.717) is 19.3 Å². The highest BCUT2D eigenvalue weighted by molar-refractivity contribution is 5.71. The lowest BCUT2D eigenvalue weighted by Gasteiger charge is -2.18. The van der Waals surface area contributed by atoms with Crippen molar-refractivity contribution in [2.45, 2.75) is 329 Å². The fourth-order valence-corrected chi connectivity index (χ4v) is 8.74. The molecule has 6 nitrogen and oxygen atoms in total. The molecule has 0 aliphatic rings. The number of ether oxygens (including phenoxy) is 3. The van der Waals surface area contributed by atoms with Crippen LogP contribution in [0.4, 0.5) is 0 Å². The van der Waals surface area contributed by atoms with Gasteiger partial charge in [0.1, 0.15) is 13.2 Å². The Labute approximate surface area is 411 Å². The number of allylic oxidation sites excluding steroid dienone is 4. The molecule has 0 aromatic heterocycles. The third-order valence-electron chi connectivity index (χ3n) is 13.2. The first kappa shape index (κ1) is 63.9. The molecule has 1 unspecified atom stereocenters. The van der Waals surface area contributed by atoms with E-state index in [-0.39, 0.29) is 31.1 Å². The largest absolute Gasteiger partial charge is 0.462 e. The van der Waals surface area contributed by atoms with Gasteiger partial charge in [0.2, 0.25) is 0 Å². The molecule has 0 aromatic rings. The summed E-state index contributed by atoms with van der Waals surface area (Å²) in [5.74, 6) is -0.884. The van der Waals surface area contributed by atoms with E-state index < -0.39 is 6.10 Å². The van der Waals surface area contributed by atoms with Crippen molar-refractivity contribution in [2.24, 2.45) is 0 Å². The average molecular weight is 930 g/mol. The van der Waals surface area contributed by atoms with E-state index in [1.165, 1.54) is 199 Å². The molecule has 0 aliphatic carbocycles. The highest BCUT2D eigenvalue weighted by atomic mass is 16.6. The molecule has 0 amide bonds. The summed E-state index contributed by atoms with van der Waals surface area (Å²) >= 11 is 0. The SMILES string of the molecule is CCC/C=C\CCCCCCCC(=O)OC(COC(=O)CCCCCCC)COC(=O)CCCCCCCCCCCCCCCCCCCCCCC/C=C\CCCCCCCCCC. The van der Waals surface area contributed by atoms with Gasteiger partial charge in [-0.25, -0.2) is 0 Å². The lowest BCUT2D eigenvalue weighted by Crippen LogP contribution is -2.30. The molecule has 0 N–H and O–H groups in total. The van der Waals surface area contributed by atoms with Crippen LogP contribution < -0.4 is 0 Å². The molecule has 0 aliphatic heterocycles. The lowest BCUT2D eigenvalue weighted by molar-refractivity contribution is -0.167. The number of carbonyl (C=O) groups excluding carboxylic acids is 3. The van der Waals surface area contributed by atoms with E-state index in [1.54, 1.807) is 0 Å². The van der Waals surface area contributed by atoms with Crippen molar-refractivity contribution >= 4 is 17.9 Å². The molecule has 0 bridgehead atoms. The van der Waals surface area contributed by atoms with Crippen molar-refractivity contribution in [1.29, 1.82) is 0 Å². The Hall–Kier alpha value is -2.11. The Bertz CT molecular complexity index is 1070. The smallest absolute Gasteiger partial charge is 0.306 e. The summed E-state index contributed by atoms with van der Waals surface area (Å²) in [5.41, 5.74) is 0. The third-order valence-corrected chi connectivity index (χ3v) is 13.2. The minimum Gasteiger partial charge on any atom is -0.462 e. The Kier molecular flexibility index (Phi) is 53.7. The maximum atomic E-state index is 12.7. The number of carbonyl (C=O) groups is 3. The molecule has 0 spiro atoms. The van der Waals surface area contributed by atoms with Crippen molar-refractivity contribution < 1.29 is 28.6 Å². The second kappa shape index (κ2) is 55.5. The Morgan fingerprint density at radius 1 is 0.288 bits per heavy atom. The second-order valence-corrected chi connectivity index (χ2v) is 19.9. The topological polar surface area (TPSA) is 78.9 Å². The van der Waals surface area contributed by atoms with Gasteiger partial charge in [0.05, 0.1) is 0 Å². The van der Waals surface area contributed by atoms with Gasteiger partial charge in [-0.2, -0.15) is 0 Å². The predicted molar refractivity (Wildman–Crippen MR) is 284 cm³/mol. The van der Waals surface area contributed by atoms with Crippen LogP contribution in [0.5, 0.6) is 0 Å². The molecule has 0 saturated carbocycles. The molecule has 0 radical (unpaired) electrons. The number of unbranched alkanes of at least 4 members (excludes halogenated alkanes) is 39. The van der Waals surface area contributed by atoms with Crippen molar-refractivity contribution in [2.75, 3.05) is 13.2 Å². The van der Waals surface area contributed by atoms with E-state index >= 15 is 0 Å². The monoisotopic (exact) mass is 929 g/mol. The van der Waals surface area contributed by atoms with Crippen LogP contribution in [0.15, 0.2) is 24.3 Å². The minimum atomic E-state index is -0.766. The van der Waals surface area contributed by atoms with Crippen molar-refractivity contribution in [3.8, 4) is 0 Å². The van der Waals surface area contributed by atoms with E-state index in [0.717, 1.165) is 83.5 Å². The zero-order chi connectivity index (χ0) is 47.9. The molecular weight excluding hydrogens is 817 g/mol. The van der Waals surface area contributed by atoms with Gasteiger partial charge in [0.25, 0.3) is 0 Å². The number of hydrogen-bond donors (Lipinski definition) is 0. The molecule has 0 aromatic carbocycles. The average Bonchev–Trinajstić information content (AvgIpc) is 3.31. The number of rotatable bonds is 54. The van der Waals surface area contributed by atoms with Crippen molar-refractivity contribution in [3.05, 3.63) is 24.3 Å². The molecule has 0 rings (SSSR count). The molecule has 6 heteroatoms. The quantitative estimate of drug-likeness (QED) is 0.0262. The van der Waals surface area contributed by atoms with Crippen LogP contribution in [0.1, 0.15) is 323 Å². The molecule has 0 fully saturated rings. The van der Waals surface area contributed by atoms with Gasteiger partial charge >= 0.3 is 17.9 Å². The van der Waals surface area contributed by atoms with Gasteiger partial charge in [0, 0.05) is 19.3 Å². The zero-order valence-corrected chi connectivity index (χ0v) is 44.5. The fraction of sp³-hybridized carbons (Fsp3) is 0.883. The molecule has 0 heterocycles. The normalized spacial score (nSPS) is 12.1. The summed E-state index contributed by atoms with van der Waals surface area (Å²) in [4.78, 5) is 37.6. The lowest BCUT2D eigenvalue weighted by atomic mass is 10.0. The Balaban J connectivity index is 3.80. The van der Waals surface area contributed by atoms with Gasteiger partial charge in [0.15, 0.2) is 6.10 Å². The predicted octanol–water partition coefficient (Wildman–Crippen LogP) is 19.5. The summed E-state index contributed by atoms with van der Waals surface area (Å²) < 4.78 is 16.6. The van der Waals surface area contributed by atoms with Gasteiger partial charge in [-0.05, 0) is 64.2 Å². The van der Waals surface area contributed by atoms with Crippen LogP contribution in [0.3, 0.4) is 0 Å². The van der Waals surface area contributed by atoms with Crippen LogP contribution in [0, 0.1) is 0 Å². The van der Waals surface area contributed by atoms with Crippen molar-refractivity contribution in [3.63, 3.8) is 0 Å². The Morgan fingerprint density at radius 2 is 0.530 bits per heavy atom. The van der Waals surface area contributed by atoms with Gasteiger partial charge < -0.3 is 14.2 Å². The molecule has 0 saturated heterocycles. The first-order valence-electron chi connectivity index (χ1n) is 29.3. The summed E-state index contributed by atoms with van der Waals surface area (Å²) in [5, 5.41) is 0. The molecule has 388 valence electrons. The second-order valence-electron chi connectivity index (χ2n) is 19.9. The number of esters is 3. The standard InChI is InChI=1S/C60H112O6/c1-4-7-10-13-15-17-19-20-21-22-23-24-25-26-27-28-29-30-31-32-33-34-35-36-37-38-39-40-41-43-44-47-50-53-59(62)65-56-57(55-64-58(61)52-49-46-12-9-6-3)66-60(63)54-51-48-45-42-18-16-14-11-8-5-2/h11,14,22-23,57H,4-10,12-13,15-21,24-56H2,1-3H3/b14-11-,23-22-. The van der Waals surface area contributed by atoms with Gasteiger partial charge in [-0.3, -0.25) is 14.4 Å². The molecule has 1 atom stereocenters. The minimum absolute atomic E-state index is 0.0712. The summed E-state index contributed by atoms with van der Waals surface area (Å²) in [6, 6.07) is 0. The third kappa shape index (κ3) is 52.9. The van der Waals surface area contributed by atoms with Crippen LogP contribution in [0.25, 0.3) is 0 Å². The molecule has 66 heavy (non-hydrogen) atoms. The van der Waals surface area contributed by atoms with Crippen LogP contribution in [0.2, 0.25) is 0 Å². The summed E-state index contributed by atoms with van der Waals surface area (Å²) in [6.45, 7) is 6.51. The molecular formula is C60H112O6. The Morgan fingerprint density at radius 3 is 0.818 bits per heavy atom. The highest BCUT2D eigenvalue weighted by Gasteiger charge is 2.19. The summed E-state index contributed by atoms with van der Waals surface area (Å²) in [6.07, 6.45) is 65.5. The van der Waals surface area contributed by atoms with E-state index in [9.17, 15) is 14.4 Å². The van der Waals surface area contributed by atoms with Gasteiger partial charge in [-0.15, -0.1) is 0 Å².